The zero-order valence-corrected chi connectivity index (χ0v) is 17.6. The van der Waals surface area contributed by atoms with Crippen LogP contribution >= 0.6 is 0 Å². The van der Waals surface area contributed by atoms with Gasteiger partial charge in [-0.25, -0.2) is 9.18 Å². The molecule has 3 aliphatic rings. The van der Waals surface area contributed by atoms with Gasteiger partial charge < -0.3 is 19.3 Å². The molecule has 2 heterocycles. The Balaban J connectivity index is 1.45. The Labute approximate surface area is 180 Å². The third-order valence-electron chi connectivity index (χ3n) is 6.95. The van der Waals surface area contributed by atoms with E-state index in [-0.39, 0.29) is 17.2 Å². The van der Waals surface area contributed by atoms with Crippen LogP contribution in [0.15, 0.2) is 23.1 Å². The molecule has 2 aliphatic carbocycles. The fourth-order valence-electron chi connectivity index (χ4n) is 5.17. The van der Waals surface area contributed by atoms with E-state index in [4.69, 9.17) is 5.11 Å². The van der Waals surface area contributed by atoms with E-state index in [9.17, 15) is 9.59 Å². The molecule has 0 spiro atoms. The van der Waals surface area contributed by atoms with Crippen molar-refractivity contribution in [2.24, 2.45) is 0 Å². The number of ether oxygens (including phenoxy) is 1. The Morgan fingerprint density at radius 2 is 1.71 bits per heavy atom. The molecule has 5 rings (SSSR count). The van der Waals surface area contributed by atoms with Crippen molar-refractivity contribution < 1.29 is 19.0 Å². The molecule has 166 valence electrons. The monoisotopic (exact) mass is 429 g/mol. The average molecular weight is 429 g/mol. The number of fused-ring (bicyclic) bond motifs is 1. The van der Waals surface area contributed by atoms with Crippen molar-refractivity contribution in [3.8, 4) is 5.75 Å². The minimum Gasteiger partial charge on any atom is -0.449 e. The summed E-state index contributed by atoms with van der Waals surface area (Å²) < 4.78 is 21.7. The van der Waals surface area contributed by atoms with Crippen LogP contribution in [0.25, 0.3) is 10.9 Å². The van der Waals surface area contributed by atoms with Crippen molar-refractivity contribution in [3.63, 3.8) is 0 Å². The number of piperazine rings is 1. The van der Waals surface area contributed by atoms with E-state index in [0.29, 0.717) is 17.2 Å². The third kappa shape index (κ3) is 4.01. The van der Waals surface area contributed by atoms with Crippen molar-refractivity contribution in [2.45, 2.75) is 57.0 Å². The summed E-state index contributed by atoms with van der Waals surface area (Å²) in [6, 6.07) is 3.84. The van der Waals surface area contributed by atoms with Crippen molar-refractivity contribution in [3.05, 3.63) is 34.4 Å². The first-order valence-corrected chi connectivity index (χ1v) is 11.3. The zero-order chi connectivity index (χ0) is 21.5. The van der Waals surface area contributed by atoms with Crippen LogP contribution in [0.4, 0.5) is 14.9 Å². The molecule has 7 nitrogen and oxygen atoms in total. The second kappa shape index (κ2) is 8.15. The number of rotatable bonds is 4. The van der Waals surface area contributed by atoms with Gasteiger partial charge in [-0.05, 0) is 37.8 Å². The SMILES string of the molecule is O=C(O)Oc1cn(C2CC2)c2cc(N3CCN(C4CCCCC4)CC3)c(F)cc2c1=O. The van der Waals surface area contributed by atoms with Gasteiger partial charge in [-0.3, -0.25) is 9.69 Å². The summed E-state index contributed by atoms with van der Waals surface area (Å²) in [5, 5.41) is 9.10. The largest absolute Gasteiger partial charge is 0.511 e. The molecule has 0 amide bonds. The number of anilines is 1. The van der Waals surface area contributed by atoms with Gasteiger partial charge in [-0.2, -0.15) is 0 Å². The summed E-state index contributed by atoms with van der Waals surface area (Å²) in [4.78, 5) is 28.3. The molecular weight excluding hydrogens is 401 g/mol. The van der Waals surface area contributed by atoms with Gasteiger partial charge in [0.2, 0.25) is 5.43 Å². The van der Waals surface area contributed by atoms with E-state index in [1.54, 1.807) is 6.07 Å². The van der Waals surface area contributed by atoms with E-state index in [2.05, 4.69) is 14.5 Å². The number of carboxylic acid groups (broad SMARTS) is 1. The molecule has 2 saturated carbocycles. The van der Waals surface area contributed by atoms with E-state index in [1.807, 2.05) is 4.57 Å². The molecule has 2 aromatic rings. The predicted octanol–water partition coefficient (Wildman–Crippen LogP) is 3.99. The molecule has 1 aromatic heterocycles. The fraction of sp³-hybridized carbons (Fsp3) is 0.565. The average Bonchev–Trinajstić information content (AvgIpc) is 3.61. The highest BCUT2D eigenvalue weighted by Crippen LogP contribution is 2.39. The molecule has 0 atom stereocenters. The lowest BCUT2D eigenvalue weighted by Crippen LogP contribution is -2.51. The first kappa shape index (κ1) is 20.3. The highest BCUT2D eigenvalue weighted by molar-refractivity contribution is 5.85. The lowest BCUT2D eigenvalue weighted by molar-refractivity contribution is 0.143. The predicted molar refractivity (Wildman–Crippen MR) is 116 cm³/mol. The molecular formula is C23H28FN3O4. The zero-order valence-electron chi connectivity index (χ0n) is 17.6. The summed E-state index contributed by atoms with van der Waals surface area (Å²) in [6.45, 7) is 3.35. The highest BCUT2D eigenvalue weighted by Gasteiger charge is 2.29. The Morgan fingerprint density at radius 1 is 1.00 bits per heavy atom. The first-order chi connectivity index (χ1) is 15.0. The number of halogens is 1. The van der Waals surface area contributed by atoms with Crippen LogP contribution in [-0.4, -0.2) is 52.9 Å². The highest BCUT2D eigenvalue weighted by atomic mass is 19.1. The second-order valence-corrected chi connectivity index (χ2v) is 8.96. The van der Waals surface area contributed by atoms with Gasteiger partial charge in [0.25, 0.3) is 0 Å². The van der Waals surface area contributed by atoms with Crippen LogP contribution in [0.3, 0.4) is 0 Å². The number of hydrogen-bond donors (Lipinski definition) is 1. The summed E-state index contributed by atoms with van der Waals surface area (Å²) >= 11 is 0. The summed E-state index contributed by atoms with van der Waals surface area (Å²) in [7, 11) is 0. The molecule has 8 heteroatoms. The van der Waals surface area contributed by atoms with Crippen LogP contribution in [0.5, 0.6) is 5.75 Å². The third-order valence-corrected chi connectivity index (χ3v) is 6.95. The number of aromatic nitrogens is 1. The Kier molecular flexibility index (Phi) is 5.33. The van der Waals surface area contributed by atoms with Crippen LogP contribution in [0, 0.1) is 5.82 Å². The van der Waals surface area contributed by atoms with Crippen molar-refractivity contribution in [2.75, 3.05) is 31.1 Å². The van der Waals surface area contributed by atoms with Crippen molar-refractivity contribution in [1.82, 2.24) is 9.47 Å². The van der Waals surface area contributed by atoms with Crippen LogP contribution < -0.4 is 15.1 Å². The van der Waals surface area contributed by atoms with Gasteiger partial charge in [0.1, 0.15) is 5.82 Å². The van der Waals surface area contributed by atoms with Gasteiger partial charge in [0.15, 0.2) is 5.75 Å². The van der Waals surface area contributed by atoms with E-state index >= 15 is 4.39 Å². The van der Waals surface area contributed by atoms with Gasteiger partial charge in [0, 0.05) is 38.3 Å². The van der Waals surface area contributed by atoms with Crippen LogP contribution in [-0.2, 0) is 0 Å². The Morgan fingerprint density at radius 3 is 2.35 bits per heavy atom. The quantitative estimate of drug-likeness (QED) is 0.741. The van der Waals surface area contributed by atoms with E-state index in [0.717, 1.165) is 39.0 Å². The summed E-state index contributed by atoms with van der Waals surface area (Å²) in [5.41, 5.74) is 0.551. The van der Waals surface area contributed by atoms with Crippen LogP contribution in [0.1, 0.15) is 51.0 Å². The number of hydrogen-bond acceptors (Lipinski definition) is 5. The molecule has 1 N–H and O–H groups in total. The number of carbonyl (C=O) groups is 1. The molecule has 0 bridgehead atoms. The summed E-state index contributed by atoms with van der Waals surface area (Å²) in [6.07, 6.45) is 8.25. The minimum atomic E-state index is -1.55. The maximum atomic E-state index is 15.1. The molecule has 0 radical (unpaired) electrons. The lowest BCUT2D eigenvalue weighted by atomic mass is 9.94. The molecule has 31 heavy (non-hydrogen) atoms. The number of benzene rings is 1. The Bertz CT molecular complexity index is 1050. The normalized spacial score (nSPS) is 20.9. The fourth-order valence-corrected chi connectivity index (χ4v) is 5.17. The molecule has 1 saturated heterocycles. The number of nitrogens with zero attached hydrogens (tertiary/aromatic N) is 3. The topological polar surface area (TPSA) is 75.0 Å². The Hall–Kier alpha value is -2.61. The van der Waals surface area contributed by atoms with Gasteiger partial charge in [-0.1, -0.05) is 19.3 Å². The van der Waals surface area contributed by atoms with Gasteiger partial charge >= 0.3 is 6.16 Å². The van der Waals surface area contributed by atoms with Crippen molar-refractivity contribution >= 4 is 22.7 Å². The standard InChI is InChI=1S/C23H28FN3O4/c24-18-12-17-19(27(16-6-7-16)14-21(22(17)28)31-23(29)30)13-20(18)26-10-8-25(9-11-26)15-4-2-1-3-5-15/h12-16H,1-11H2,(H,29,30). The van der Waals surface area contributed by atoms with Gasteiger partial charge in [0.05, 0.1) is 22.8 Å². The molecule has 1 aromatic carbocycles. The second-order valence-electron chi connectivity index (χ2n) is 8.96. The van der Waals surface area contributed by atoms with E-state index in [1.165, 1.54) is 44.4 Å². The number of pyridine rings is 1. The smallest absolute Gasteiger partial charge is 0.449 e. The molecule has 0 unspecified atom stereocenters. The lowest BCUT2D eigenvalue weighted by Gasteiger charge is -2.41. The van der Waals surface area contributed by atoms with Gasteiger partial charge in [-0.15, -0.1) is 0 Å². The summed E-state index contributed by atoms with van der Waals surface area (Å²) in [5.74, 6) is -0.731. The maximum absolute atomic E-state index is 15.1. The minimum absolute atomic E-state index is 0.160. The molecule has 1 aliphatic heterocycles. The van der Waals surface area contributed by atoms with E-state index < -0.39 is 17.4 Å². The first-order valence-electron chi connectivity index (χ1n) is 11.3. The van der Waals surface area contributed by atoms with Crippen LogP contribution in [0.2, 0.25) is 0 Å². The van der Waals surface area contributed by atoms with Crippen molar-refractivity contribution in [1.29, 1.82) is 0 Å². The maximum Gasteiger partial charge on any atom is 0.511 e. The molecule has 3 fully saturated rings.